The third-order valence-corrected chi connectivity index (χ3v) is 2.66. The standard InChI is InChI=1S/C15H19N3O/c1-11(2)19-15-9-14(16-10-17-15)18-12(3)13-7-5-4-6-8-13/h4-12H,1-3H3,(H,16,17,18). The third kappa shape index (κ3) is 3.95. The van der Waals surface area contributed by atoms with Gasteiger partial charge >= 0.3 is 0 Å². The minimum atomic E-state index is 0.106. The molecule has 0 bridgehead atoms. The number of rotatable bonds is 5. The molecule has 0 aliphatic carbocycles. The summed E-state index contributed by atoms with van der Waals surface area (Å²) in [7, 11) is 0. The van der Waals surface area contributed by atoms with Crippen LogP contribution in [0.25, 0.3) is 0 Å². The Balaban J connectivity index is 2.06. The Labute approximate surface area is 113 Å². The summed E-state index contributed by atoms with van der Waals surface area (Å²) in [6.45, 7) is 6.05. The Kier molecular flexibility index (Phi) is 4.34. The molecule has 1 aromatic heterocycles. The molecule has 4 heteroatoms. The van der Waals surface area contributed by atoms with Crippen molar-refractivity contribution in [3.05, 3.63) is 48.3 Å². The number of nitrogens with one attached hydrogen (secondary N) is 1. The molecule has 1 N–H and O–H groups in total. The van der Waals surface area contributed by atoms with Crippen molar-refractivity contribution in [2.45, 2.75) is 32.9 Å². The van der Waals surface area contributed by atoms with Gasteiger partial charge in [0.25, 0.3) is 0 Å². The fourth-order valence-electron chi connectivity index (χ4n) is 1.77. The van der Waals surface area contributed by atoms with E-state index in [0.717, 1.165) is 5.82 Å². The van der Waals surface area contributed by atoms with E-state index in [0.29, 0.717) is 5.88 Å². The van der Waals surface area contributed by atoms with E-state index in [1.165, 1.54) is 11.9 Å². The molecule has 0 fully saturated rings. The van der Waals surface area contributed by atoms with Crippen molar-refractivity contribution in [2.75, 3.05) is 5.32 Å². The summed E-state index contributed by atoms with van der Waals surface area (Å²) < 4.78 is 5.55. The Hall–Kier alpha value is -2.10. The molecule has 2 rings (SSSR count). The second-order valence-corrected chi connectivity index (χ2v) is 4.68. The number of hydrogen-bond donors (Lipinski definition) is 1. The highest BCUT2D eigenvalue weighted by Gasteiger charge is 2.07. The van der Waals surface area contributed by atoms with Crippen molar-refractivity contribution < 1.29 is 4.74 Å². The van der Waals surface area contributed by atoms with Crippen LogP contribution in [0.2, 0.25) is 0 Å². The zero-order valence-corrected chi connectivity index (χ0v) is 11.5. The van der Waals surface area contributed by atoms with Crippen LogP contribution in [0.5, 0.6) is 5.88 Å². The van der Waals surface area contributed by atoms with Crippen LogP contribution in [0.1, 0.15) is 32.4 Å². The molecule has 1 aromatic carbocycles. The van der Waals surface area contributed by atoms with Gasteiger partial charge in [-0.15, -0.1) is 0 Å². The molecule has 0 aliphatic rings. The van der Waals surface area contributed by atoms with Crippen LogP contribution in [-0.2, 0) is 0 Å². The van der Waals surface area contributed by atoms with Gasteiger partial charge in [0, 0.05) is 12.1 Å². The highest BCUT2D eigenvalue weighted by Crippen LogP contribution is 2.19. The Bertz CT molecular complexity index is 514. The lowest BCUT2D eigenvalue weighted by Crippen LogP contribution is -2.10. The van der Waals surface area contributed by atoms with E-state index in [1.54, 1.807) is 0 Å². The molecule has 0 aliphatic heterocycles. The topological polar surface area (TPSA) is 47.0 Å². The average molecular weight is 257 g/mol. The molecular weight excluding hydrogens is 238 g/mol. The highest BCUT2D eigenvalue weighted by molar-refractivity contribution is 5.40. The molecule has 19 heavy (non-hydrogen) atoms. The number of ether oxygens (including phenoxy) is 1. The maximum absolute atomic E-state index is 5.55. The Morgan fingerprint density at radius 2 is 1.79 bits per heavy atom. The maximum atomic E-state index is 5.55. The van der Waals surface area contributed by atoms with Gasteiger partial charge in [-0.25, -0.2) is 9.97 Å². The zero-order valence-electron chi connectivity index (χ0n) is 11.5. The smallest absolute Gasteiger partial charge is 0.218 e. The normalized spacial score (nSPS) is 12.2. The van der Waals surface area contributed by atoms with Crippen LogP contribution in [0.4, 0.5) is 5.82 Å². The van der Waals surface area contributed by atoms with Crippen LogP contribution >= 0.6 is 0 Å². The predicted molar refractivity (Wildman–Crippen MR) is 76.3 cm³/mol. The van der Waals surface area contributed by atoms with Crippen molar-refractivity contribution >= 4 is 5.82 Å². The van der Waals surface area contributed by atoms with Crippen LogP contribution in [0, 0.1) is 0 Å². The van der Waals surface area contributed by atoms with Crippen LogP contribution in [0.15, 0.2) is 42.7 Å². The zero-order chi connectivity index (χ0) is 13.7. The first-order valence-corrected chi connectivity index (χ1v) is 6.45. The van der Waals surface area contributed by atoms with Gasteiger partial charge in [0.2, 0.25) is 5.88 Å². The minimum Gasteiger partial charge on any atom is -0.475 e. The summed E-state index contributed by atoms with van der Waals surface area (Å²) in [5.41, 5.74) is 1.22. The van der Waals surface area contributed by atoms with Crippen LogP contribution < -0.4 is 10.1 Å². The lowest BCUT2D eigenvalue weighted by Gasteiger charge is -2.15. The molecule has 4 nitrogen and oxygen atoms in total. The Morgan fingerprint density at radius 1 is 1.05 bits per heavy atom. The van der Waals surface area contributed by atoms with Crippen LogP contribution in [0.3, 0.4) is 0 Å². The second kappa shape index (κ2) is 6.18. The SMILES string of the molecule is CC(C)Oc1cc(NC(C)c2ccccc2)ncn1. The van der Waals surface area contributed by atoms with Crippen molar-refractivity contribution in [1.82, 2.24) is 9.97 Å². The molecule has 1 atom stereocenters. The number of nitrogens with zero attached hydrogens (tertiary/aromatic N) is 2. The van der Waals surface area contributed by atoms with E-state index in [4.69, 9.17) is 4.74 Å². The first-order valence-electron chi connectivity index (χ1n) is 6.45. The monoisotopic (exact) mass is 257 g/mol. The fourth-order valence-corrected chi connectivity index (χ4v) is 1.77. The largest absolute Gasteiger partial charge is 0.475 e. The molecule has 0 saturated heterocycles. The third-order valence-electron chi connectivity index (χ3n) is 2.66. The Morgan fingerprint density at radius 3 is 2.47 bits per heavy atom. The summed E-state index contributed by atoms with van der Waals surface area (Å²) in [6, 6.07) is 12.2. The molecular formula is C15H19N3O. The summed E-state index contributed by atoms with van der Waals surface area (Å²) >= 11 is 0. The van der Waals surface area contributed by atoms with Crippen molar-refractivity contribution in [3.8, 4) is 5.88 Å². The van der Waals surface area contributed by atoms with Gasteiger partial charge in [-0.1, -0.05) is 30.3 Å². The van der Waals surface area contributed by atoms with Gasteiger partial charge < -0.3 is 10.1 Å². The van der Waals surface area contributed by atoms with E-state index >= 15 is 0 Å². The van der Waals surface area contributed by atoms with Crippen molar-refractivity contribution in [3.63, 3.8) is 0 Å². The van der Waals surface area contributed by atoms with E-state index in [-0.39, 0.29) is 12.1 Å². The van der Waals surface area contributed by atoms with Gasteiger partial charge in [0.1, 0.15) is 12.1 Å². The molecule has 2 aromatic rings. The maximum Gasteiger partial charge on any atom is 0.218 e. The van der Waals surface area contributed by atoms with Gasteiger partial charge in [0.05, 0.1) is 6.10 Å². The van der Waals surface area contributed by atoms with E-state index < -0.39 is 0 Å². The van der Waals surface area contributed by atoms with E-state index in [9.17, 15) is 0 Å². The first-order chi connectivity index (χ1) is 9.15. The number of benzene rings is 1. The minimum absolute atomic E-state index is 0.106. The first kappa shape index (κ1) is 13.3. The molecule has 1 unspecified atom stereocenters. The lowest BCUT2D eigenvalue weighted by molar-refractivity contribution is 0.232. The van der Waals surface area contributed by atoms with Gasteiger partial charge in [-0.3, -0.25) is 0 Å². The summed E-state index contributed by atoms with van der Waals surface area (Å²) in [6.07, 6.45) is 1.62. The van der Waals surface area contributed by atoms with E-state index in [2.05, 4.69) is 34.3 Å². The summed E-state index contributed by atoms with van der Waals surface area (Å²) in [5.74, 6) is 1.36. The number of hydrogen-bond acceptors (Lipinski definition) is 4. The molecule has 0 amide bonds. The average Bonchev–Trinajstić information content (AvgIpc) is 2.39. The van der Waals surface area contributed by atoms with Crippen LogP contribution in [-0.4, -0.2) is 16.1 Å². The van der Waals surface area contributed by atoms with Gasteiger partial charge in [0.15, 0.2) is 0 Å². The number of aromatic nitrogens is 2. The molecule has 0 saturated carbocycles. The lowest BCUT2D eigenvalue weighted by atomic mass is 10.1. The molecule has 100 valence electrons. The molecule has 0 radical (unpaired) electrons. The molecule has 1 heterocycles. The summed E-state index contributed by atoms with van der Waals surface area (Å²) in [4.78, 5) is 8.30. The van der Waals surface area contributed by atoms with Gasteiger partial charge in [-0.05, 0) is 26.3 Å². The van der Waals surface area contributed by atoms with Crippen molar-refractivity contribution in [1.29, 1.82) is 0 Å². The summed E-state index contributed by atoms with van der Waals surface area (Å²) in [5, 5.41) is 3.34. The molecule has 0 spiro atoms. The fraction of sp³-hybridized carbons (Fsp3) is 0.333. The second-order valence-electron chi connectivity index (χ2n) is 4.68. The quantitative estimate of drug-likeness (QED) is 0.891. The predicted octanol–water partition coefficient (Wildman–Crippen LogP) is 3.44. The van der Waals surface area contributed by atoms with Gasteiger partial charge in [-0.2, -0.15) is 0 Å². The highest BCUT2D eigenvalue weighted by atomic mass is 16.5. The van der Waals surface area contributed by atoms with E-state index in [1.807, 2.05) is 38.1 Å². The number of anilines is 1. The van der Waals surface area contributed by atoms with Crippen molar-refractivity contribution in [2.24, 2.45) is 0 Å².